The normalized spacial score (nSPS) is 11.6. The summed E-state index contributed by atoms with van der Waals surface area (Å²) in [5.41, 5.74) is 1.55. The molecule has 1 aromatic heterocycles. The van der Waals surface area contributed by atoms with E-state index in [1.165, 1.54) is 0 Å². The minimum Gasteiger partial charge on any atom is -0.496 e. The van der Waals surface area contributed by atoms with Gasteiger partial charge >= 0.3 is 0 Å². The van der Waals surface area contributed by atoms with E-state index < -0.39 is 0 Å². The molecular formula is C17H21N3O2. The Hall–Kier alpha value is -2.56. The van der Waals surface area contributed by atoms with Crippen LogP contribution in [0, 0.1) is 0 Å². The van der Waals surface area contributed by atoms with Crippen LogP contribution in [0.3, 0.4) is 0 Å². The maximum atomic E-state index is 12.4. The van der Waals surface area contributed by atoms with Gasteiger partial charge in [-0.25, -0.2) is 4.98 Å². The van der Waals surface area contributed by atoms with Crippen LogP contribution in [0.4, 0.5) is 5.82 Å². The van der Waals surface area contributed by atoms with Crippen molar-refractivity contribution in [3.05, 3.63) is 53.7 Å². The van der Waals surface area contributed by atoms with Crippen molar-refractivity contribution in [3.8, 4) is 5.75 Å². The van der Waals surface area contributed by atoms with Crippen LogP contribution in [0.15, 0.2) is 42.6 Å². The number of ether oxygens (including phenoxy) is 1. The van der Waals surface area contributed by atoms with Crippen LogP contribution in [-0.4, -0.2) is 25.0 Å². The summed E-state index contributed by atoms with van der Waals surface area (Å²) in [6, 6.07) is 11.1. The molecule has 0 radical (unpaired) electrons. The standard InChI is InChI=1S/C17H21N3O2/c1-4-14(13-7-5-6-8-15(13)22-3)20-17(21)12-9-10-19-16(11-12)18-2/h5-11,14H,4H2,1-3H3,(H,18,19)(H,20,21). The van der Waals surface area contributed by atoms with Crippen molar-refractivity contribution >= 4 is 11.7 Å². The van der Waals surface area contributed by atoms with Gasteiger partial charge in [0.1, 0.15) is 11.6 Å². The lowest BCUT2D eigenvalue weighted by Gasteiger charge is -2.20. The second-order valence-electron chi connectivity index (χ2n) is 4.86. The second kappa shape index (κ2) is 7.45. The summed E-state index contributed by atoms with van der Waals surface area (Å²) in [4.78, 5) is 16.6. The Balaban J connectivity index is 2.20. The topological polar surface area (TPSA) is 63.2 Å². The molecule has 1 amide bonds. The summed E-state index contributed by atoms with van der Waals surface area (Å²) in [6.07, 6.45) is 2.39. The predicted molar refractivity (Wildman–Crippen MR) is 87.3 cm³/mol. The van der Waals surface area contributed by atoms with Crippen molar-refractivity contribution in [1.82, 2.24) is 10.3 Å². The summed E-state index contributed by atoms with van der Waals surface area (Å²) >= 11 is 0. The molecule has 0 spiro atoms. The second-order valence-corrected chi connectivity index (χ2v) is 4.86. The van der Waals surface area contributed by atoms with Crippen LogP contribution in [0.5, 0.6) is 5.75 Å². The maximum absolute atomic E-state index is 12.4. The van der Waals surface area contributed by atoms with Crippen molar-refractivity contribution in [2.75, 3.05) is 19.5 Å². The summed E-state index contributed by atoms with van der Waals surface area (Å²) < 4.78 is 5.38. The smallest absolute Gasteiger partial charge is 0.251 e. The van der Waals surface area contributed by atoms with Crippen molar-refractivity contribution in [2.45, 2.75) is 19.4 Å². The molecule has 2 N–H and O–H groups in total. The minimum atomic E-state index is -0.128. The van der Waals surface area contributed by atoms with Gasteiger partial charge in [-0.3, -0.25) is 4.79 Å². The zero-order valence-electron chi connectivity index (χ0n) is 13.1. The lowest BCUT2D eigenvalue weighted by molar-refractivity contribution is 0.0935. The first-order chi connectivity index (χ1) is 10.7. The molecule has 0 aliphatic rings. The van der Waals surface area contributed by atoms with Crippen LogP contribution in [-0.2, 0) is 0 Å². The summed E-state index contributed by atoms with van der Waals surface area (Å²) in [7, 11) is 3.41. The number of benzene rings is 1. The number of carbonyl (C=O) groups excluding carboxylic acids is 1. The van der Waals surface area contributed by atoms with Gasteiger partial charge in [-0.15, -0.1) is 0 Å². The first kappa shape index (κ1) is 15.8. The molecule has 1 unspecified atom stereocenters. The highest BCUT2D eigenvalue weighted by Gasteiger charge is 2.17. The summed E-state index contributed by atoms with van der Waals surface area (Å²) in [5.74, 6) is 1.31. The van der Waals surface area contributed by atoms with Gasteiger partial charge in [0, 0.05) is 24.4 Å². The number of pyridine rings is 1. The lowest BCUT2D eigenvalue weighted by atomic mass is 10.0. The Bertz CT molecular complexity index is 643. The summed E-state index contributed by atoms with van der Waals surface area (Å²) in [6.45, 7) is 2.03. The molecule has 0 aliphatic heterocycles. The number of nitrogens with one attached hydrogen (secondary N) is 2. The van der Waals surface area contributed by atoms with E-state index in [-0.39, 0.29) is 11.9 Å². The number of methoxy groups -OCH3 is 1. The predicted octanol–water partition coefficient (Wildman–Crippen LogP) is 3.01. The Labute approximate surface area is 130 Å². The lowest BCUT2D eigenvalue weighted by Crippen LogP contribution is -2.28. The van der Waals surface area contributed by atoms with E-state index in [1.807, 2.05) is 31.2 Å². The van der Waals surface area contributed by atoms with E-state index in [4.69, 9.17) is 4.74 Å². The molecule has 2 aromatic rings. The number of rotatable bonds is 6. The van der Waals surface area contributed by atoms with Crippen LogP contribution in [0.2, 0.25) is 0 Å². The fourth-order valence-electron chi connectivity index (χ4n) is 2.30. The molecule has 116 valence electrons. The Morgan fingerprint density at radius 3 is 2.77 bits per heavy atom. The molecule has 0 saturated heterocycles. The minimum absolute atomic E-state index is 0.102. The van der Waals surface area contributed by atoms with Crippen LogP contribution < -0.4 is 15.4 Å². The van der Waals surface area contributed by atoms with Crippen LogP contribution in [0.1, 0.15) is 35.3 Å². The Morgan fingerprint density at radius 1 is 1.32 bits per heavy atom. The zero-order valence-corrected chi connectivity index (χ0v) is 13.1. The van der Waals surface area contributed by atoms with E-state index in [2.05, 4.69) is 15.6 Å². The fourth-order valence-corrected chi connectivity index (χ4v) is 2.30. The van der Waals surface area contributed by atoms with Gasteiger partial charge in [-0.1, -0.05) is 25.1 Å². The number of hydrogen-bond acceptors (Lipinski definition) is 4. The SMILES string of the molecule is CCC(NC(=O)c1ccnc(NC)c1)c1ccccc1OC. The van der Waals surface area contributed by atoms with Gasteiger partial charge in [0.05, 0.1) is 13.2 Å². The van der Waals surface area contributed by atoms with Crippen molar-refractivity contribution in [3.63, 3.8) is 0 Å². The van der Waals surface area contributed by atoms with Crippen molar-refractivity contribution in [2.24, 2.45) is 0 Å². The molecule has 0 saturated carbocycles. The molecule has 1 atom stereocenters. The van der Waals surface area contributed by atoms with Crippen LogP contribution in [0.25, 0.3) is 0 Å². The molecule has 5 nitrogen and oxygen atoms in total. The third-order valence-corrected chi connectivity index (χ3v) is 3.51. The average Bonchev–Trinajstić information content (AvgIpc) is 2.59. The van der Waals surface area contributed by atoms with Gasteiger partial charge in [0.15, 0.2) is 0 Å². The molecular weight excluding hydrogens is 278 g/mol. The Kier molecular flexibility index (Phi) is 5.36. The number of hydrogen-bond donors (Lipinski definition) is 2. The number of amides is 1. The fraction of sp³-hybridized carbons (Fsp3) is 0.294. The van der Waals surface area contributed by atoms with Crippen molar-refractivity contribution < 1.29 is 9.53 Å². The number of anilines is 1. The third kappa shape index (κ3) is 3.55. The number of para-hydroxylation sites is 1. The Morgan fingerprint density at radius 2 is 2.09 bits per heavy atom. The largest absolute Gasteiger partial charge is 0.496 e. The van der Waals surface area contributed by atoms with Gasteiger partial charge < -0.3 is 15.4 Å². The monoisotopic (exact) mass is 299 g/mol. The first-order valence-corrected chi connectivity index (χ1v) is 7.27. The molecule has 22 heavy (non-hydrogen) atoms. The highest BCUT2D eigenvalue weighted by molar-refractivity contribution is 5.95. The number of nitrogens with zero attached hydrogens (tertiary/aromatic N) is 1. The molecule has 1 aromatic carbocycles. The molecule has 0 bridgehead atoms. The highest BCUT2D eigenvalue weighted by Crippen LogP contribution is 2.27. The third-order valence-electron chi connectivity index (χ3n) is 3.51. The van der Waals surface area contributed by atoms with Gasteiger partial charge in [0.25, 0.3) is 5.91 Å². The van der Waals surface area contributed by atoms with E-state index >= 15 is 0 Å². The zero-order chi connectivity index (χ0) is 15.9. The highest BCUT2D eigenvalue weighted by atomic mass is 16.5. The molecule has 0 fully saturated rings. The molecule has 5 heteroatoms. The van der Waals surface area contributed by atoms with E-state index in [0.717, 1.165) is 17.7 Å². The van der Waals surface area contributed by atoms with Crippen LogP contribution >= 0.6 is 0 Å². The summed E-state index contributed by atoms with van der Waals surface area (Å²) in [5, 5.41) is 5.98. The van der Waals surface area contributed by atoms with E-state index in [0.29, 0.717) is 11.4 Å². The van der Waals surface area contributed by atoms with Gasteiger partial charge in [-0.05, 0) is 24.6 Å². The maximum Gasteiger partial charge on any atom is 0.251 e. The average molecular weight is 299 g/mol. The molecule has 2 rings (SSSR count). The molecule has 1 heterocycles. The quantitative estimate of drug-likeness (QED) is 0.860. The van der Waals surface area contributed by atoms with Gasteiger partial charge in [0.2, 0.25) is 0 Å². The molecule has 0 aliphatic carbocycles. The van der Waals surface area contributed by atoms with E-state index in [9.17, 15) is 4.79 Å². The number of carbonyl (C=O) groups is 1. The first-order valence-electron chi connectivity index (χ1n) is 7.27. The van der Waals surface area contributed by atoms with Crippen molar-refractivity contribution in [1.29, 1.82) is 0 Å². The van der Waals surface area contributed by atoms with Gasteiger partial charge in [-0.2, -0.15) is 0 Å². The van der Waals surface area contributed by atoms with E-state index in [1.54, 1.807) is 32.5 Å². The number of aromatic nitrogens is 1.